The molecule has 2 fully saturated rings. The van der Waals surface area contributed by atoms with Crippen molar-refractivity contribution >= 4 is 0 Å². The molecule has 6 atom stereocenters. The third kappa shape index (κ3) is 4.41. The lowest BCUT2D eigenvalue weighted by Crippen LogP contribution is -2.55. The summed E-state index contributed by atoms with van der Waals surface area (Å²) in [4.78, 5) is 0. The molecule has 7 nitrogen and oxygen atoms in total. The molecule has 178 valence electrons. The van der Waals surface area contributed by atoms with Crippen molar-refractivity contribution < 1.29 is 34.6 Å². The van der Waals surface area contributed by atoms with E-state index in [4.69, 9.17) is 14.2 Å². The van der Waals surface area contributed by atoms with Gasteiger partial charge in [0.25, 0.3) is 0 Å². The van der Waals surface area contributed by atoms with Crippen molar-refractivity contribution in [2.45, 2.75) is 80.9 Å². The Morgan fingerprint density at radius 2 is 1.67 bits per heavy atom. The maximum Gasteiger partial charge on any atom is 0.219 e. The zero-order chi connectivity index (χ0) is 23.0. The van der Waals surface area contributed by atoms with Gasteiger partial charge in [-0.25, -0.2) is 0 Å². The number of ether oxygens (including phenoxy) is 3. The molecule has 0 aromatic heterocycles. The first-order chi connectivity index (χ1) is 16.0. The molecule has 0 bridgehead atoms. The summed E-state index contributed by atoms with van der Waals surface area (Å²) in [5.74, 6) is -0.207. The van der Waals surface area contributed by atoms with Crippen LogP contribution in [0.3, 0.4) is 0 Å². The molecule has 5 rings (SSSR count). The van der Waals surface area contributed by atoms with Crippen molar-refractivity contribution in [3.8, 4) is 5.75 Å². The molecular weight excluding hydrogens is 424 g/mol. The van der Waals surface area contributed by atoms with Crippen LogP contribution in [0.15, 0.2) is 48.5 Å². The van der Waals surface area contributed by atoms with E-state index in [1.807, 2.05) is 36.4 Å². The quantitative estimate of drug-likeness (QED) is 0.527. The number of rotatable bonds is 6. The molecule has 2 aromatic rings. The zero-order valence-electron chi connectivity index (χ0n) is 18.5. The van der Waals surface area contributed by atoms with Crippen LogP contribution in [-0.4, -0.2) is 63.3 Å². The lowest BCUT2D eigenvalue weighted by Gasteiger charge is -2.40. The van der Waals surface area contributed by atoms with Gasteiger partial charge in [0, 0.05) is 18.4 Å². The Morgan fingerprint density at radius 1 is 0.909 bits per heavy atom. The van der Waals surface area contributed by atoms with Gasteiger partial charge < -0.3 is 34.6 Å². The molecule has 0 amide bonds. The molecule has 0 spiro atoms. The predicted octanol–water partition coefficient (Wildman–Crippen LogP) is 2.03. The van der Waals surface area contributed by atoms with Gasteiger partial charge in [-0.3, -0.25) is 0 Å². The molecule has 1 saturated heterocycles. The molecule has 0 radical (unpaired) electrons. The molecule has 2 aliphatic heterocycles. The highest BCUT2D eigenvalue weighted by Crippen LogP contribution is 2.45. The zero-order valence-corrected chi connectivity index (χ0v) is 18.5. The topological polar surface area (TPSA) is 109 Å². The number of benzene rings is 2. The standard InChI is InChI=1S/C26H32O7/c27-15-21-22(28)23(29)24(30)25(31-21)18-11-6-12-20-19(18)14-26(33-20,32-17-9-4-5-10-17)13-16-7-2-1-3-8-16/h1-3,6-8,11-12,17,21-25,27-30H,4-5,9-10,13-15H2. The van der Waals surface area contributed by atoms with Gasteiger partial charge in [-0.2, -0.15) is 0 Å². The van der Waals surface area contributed by atoms with Crippen molar-refractivity contribution in [2.24, 2.45) is 0 Å². The summed E-state index contributed by atoms with van der Waals surface area (Å²) in [7, 11) is 0. The van der Waals surface area contributed by atoms with Gasteiger partial charge in [0.1, 0.15) is 36.3 Å². The number of hydrogen-bond acceptors (Lipinski definition) is 7. The summed E-state index contributed by atoms with van der Waals surface area (Å²) < 4.78 is 19.0. The molecule has 7 heteroatoms. The molecule has 3 aliphatic rings. The smallest absolute Gasteiger partial charge is 0.219 e. The minimum Gasteiger partial charge on any atom is -0.461 e. The van der Waals surface area contributed by atoms with Crippen LogP contribution >= 0.6 is 0 Å². The summed E-state index contributed by atoms with van der Waals surface area (Å²) in [6.07, 6.45) is -0.524. The molecule has 1 aliphatic carbocycles. The first-order valence-electron chi connectivity index (χ1n) is 11.8. The van der Waals surface area contributed by atoms with Crippen LogP contribution in [0.4, 0.5) is 0 Å². The highest BCUT2D eigenvalue weighted by molar-refractivity contribution is 5.46. The van der Waals surface area contributed by atoms with E-state index in [1.165, 1.54) is 0 Å². The fourth-order valence-electron chi connectivity index (χ4n) is 5.42. The van der Waals surface area contributed by atoms with Crippen LogP contribution in [0.5, 0.6) is 5.75 Å². The van der Waals surface area contributed by atoms with Crippen LogP contribution in [0.25, 0.3) is 0 Å². The van der Waals surface area contributed by atoms with Crippen molar-refractivity contribution in [3.05, 3.63) is 65.2 Å². The Labute approximate surface area is 193 Å². The Kier molecular flexibility index (Phi) is 6.44. The van der Waals surface area contributed by atoms with Gasteiger partial charge in [-0.15, -0.1) is 0 Å². The van der Waals surface area contributed by atoms with E-state index in [0.29, 0.717) is 24.2 Å². The highest BCUT2D eigenvalue weighted by Gasteiger charge is 2.48. The molecular formula is C26H32O7. The van der Waals surface area contributed by atoms with Crippen molar-refractivity contribution in [1.29, 1.82) is 0 Å². The Morgan fingerprint density at radius 3 is 2.39 bits per heavy atom. The second-order valence-electron chi connectivity index (χ2n) is 9.45. The highest BCUT2D eigenvalue weighted by atomic mass is 16.7. The molecule has 6 unspecified atom stereocenters. The number of aliphatic hydroxyl groups excluding tert-OH is 4. The number of aliphatic hydroxyl groups is 4. The monoisotopic (exact) mass is 456 g/mol. The van der Waals surface area contributed by atoms with Crippen LogP contribution in [0, 0.1) is 0 Å². The molecule has 4 N–H and O–H groups in total. The van der Waals surface area contributed by atoms with Gasteiger partial charge in [0.15, 0.2) is 0 Å². The number of fused-ring (bicyclic) bond motifs is 1. The third-order valence-corrected chi connectivity index (χ3v) is 7.11. The third-order valence-electron chi connectivity index (χ3n) is 7.11. The molecule has 2 heterocycles. The van der Waals surface area contributed by atoms with E-state index in [-0.39, 0.29) is 6.10 Å². The maximum atomic E-state index is 10.7. The first kappa shape index (κ1) is 22.8. The fourth-order valence-corrected chi connectivity index (χ4v) is 5.42. The van der Waals surface area contributed by atoms with Crippen LogP contribution in [-0.2, 0) is 22.3 Å². The average molecular weight is 457 g/mol. The second kappa shape index (κ2) is 9.33. The van der Waals surface area contributed by atoms with E-state index in [1.54, 1.807) is 0 Å². The average Bonchev–Trinajstić information content (AvgIpc) is 3.46. The van der Waals surface area contributed by atoms with Crippen molar-refractivity contribution in [2.75, 3.05) is 6.61 Å². The Bertz CT molecular complexity index is 943. The van der Waals surface area contributed by atoms with Gasteiger partial charge >= 0.3 is 0 Å². The van der Waals surface area contributed by atoms with Crippen molar-refractivity contribution in [1.82, 2.24) is 0 Å². The van der Waals surface area contributed by atoms with Gasteiger partial charge in [-0.1, -0.05) is 55.3 Å². The minimum atomic E-state index is -1.43. The van der Waals surface area contributed by atoms with E-state index in [0.717, 1.165) is 36.8 Å². The van der Waals surface area contributed by atoms with Gasteiger partial charge in [0.2, 0.25) is 5.79 Å². The van der Waals surface area contributed by atoms with Crippen LogP contribution in [0.2, 0.25) is 0 Å². The van der Waals surface area contributed by atoms with E-state index < -0.39 is 42.9 Å². The summed E-state index contributed by atoms with van der Waals surface area (Å²) in [6.45, 7) is -0.463. The summed E-state index contributed by atoms with van der Waals surface area (Å²) in [6, 6.07) is 15.6. The largest absolute Gasteiger partial charge is 0.461 e. The number of hydrogen-bond donors (Lipinski definition) is 4. The maximum absolute atomic E-state index is 10.7. The summed E-state index contributed by atoms with van der Waals surface area (Å²) >= 11 is 0. The van der Waals surface area contributed by atoms with E-state index >= 15 is 0 Å². The lowest BCUT2D eigenvalue weighted by molar-refractivity contribution is -0.232. The Balaban J connectivity index is 1.47. The van der Waals surface area contributed by atoms with E-state index in [2.05, 4.69) is 12.1 Å². The minimum absolute atomic E-state index is 0.138. The lowest BCUT2D eigenvalue weighted by atomic mass is 9.87. The SMILES string of the molecule is OCC1OC(c2cccc3c2CC(Cc2ccccc2)(OC2CCCC2)O3)C(O)C(O)C1O. The summed E-state index contributed by atoms with van der Waals surface area (Å²) in [5.41, 5.74) is 2.64. The second-order valence-corrected chi connectivity index (χ2v) is 9.45. The molecule has 2 aromatic carbocycles. The fraction of sp³-hybridized carbons (Fsp3) is 0.538. The first-order valence-corrected chi connectivity index (χ1v) is 11.8. The predicted molar refractivity (Wildman–Crippen MR) is 120 cm³/mol. The van der Waals surface area contributed by atoms with Gasteiger partial charge in [-0.05, 0) is 30.0 Å². The van der Waals surface area contributed by atoms with E-state index in [9.17, 15) is 20.4 Å². The van der Waals surface area contributed by atoms with Crippen molar-refractivity contribution in [3.63, 3.8) is 0 Å². The molecule has 33 heavy (non-hydrogen) atoms. The van der Waals surface area contributed by atoms with Crippen LogP contribution < -0.4 is 4.74 Å². The van der Waals surface area contributed by atoms with Crippen LogP contribution in [0.1, 0.15) is 48.5 Å². The molecule has 1 saturated carbocycles. The van der Waals surface area contributed by atoms with Gasteiger partial charge in [0.05, 0.1) is 12.7 Å². The summed E-state index contributed by atoms with van der Waals surface area (Å²) in [5, 5.41) is 40.8. The normalized spacial score (nSPS) is 34.2. The Hall–Kier alpha value is -2.00.